The average Bonchev–Trinajstić information content (AvgIpc) is 3.13. The van der Waals surface area contributed by atoms with Crippen molar-refractivity contribution < 1.29 is 14.3 Å². The summed E-state index contributed by atoms with van der Waals surface area (Å²) in [6.45, 7) is 0.395. The first-order chi connectivity index (χ1) is 14.0. The van der Waals surface area contributed by atoms with Gasteiger partial charge in [0.2, 0.25) is 11.8 Å². The molecule has 7 heteroatoms. The molecule has 29 heavy (non-hydrogen) atoms. The number of imide groups is 1. The highest BCUT2D eigenvalue weighted by atomic mass is 35.5. The Morgan fingerprint density at radius 1 is 1.17 bits per heavy atom. The van der Waals surface area contributed by atoms with Gasteiger partial charge in [0, 0.05) is 25.2 Å². The number of hydrogen-bond acceptors (Lipinski definition) is 4. The molecule has 1 atom stereocenters. The van der Waals surface area contributed by atoms with Crippen LogP contribution in [0.5, 0.6) is 5.75 Å². The van der Waals surface area contributed by atoms with Crippen LogP contribution in [-0.2, 0) is 23.2 Å². The minimum atomic E-state index is -0.416. The number of halogens is 1. The van der Waals surface area contributed by atoms with Crippen LogP contribution in [0.1, 0.15) is 30.0 Å². The smallest absolute Gasteiger partial charge is 0.234 e. The van der Waals surface area contributed by atoms with E-state index in [0.717, 1.165) is 28.1 Å². The number of amides is 2. The molecular weight excluding hydrogens is 390 g/mol. The maximum absolute atomic E-state index is 12.2. The molecular formula is C22H20ClN3O3. The first-order valence-electron chi connectivity index (χ1n) is 9.35. The van der Waals surface area contributed by atoms with Gasteiger partial charge in [0.1, 0.15) is 12.4 Å². The van der Waals surface area contributed by atoms with Gasteiger partial charge >= 0.3 is 0 Å². The van der Waals surface area contributed by atoms with E-state index in [2.05, 4.69) is 10.4 Å². The minimum absolute atomic E-state index is 0.236. The van der Waals surface area contributed by atoms with Gasteiger partial charge in [0.15, 0.2) is 0 Å². The molecule has 1 N–H and O–H groups in total. The number of hydrogen-bond donors (Lipinski definition) is 1. The van der Waals surface area contributed by atoms with Crippen molar-refractivity contribution in [3.05, 3.63) is 71.0 Å². The van der Waals surface area contributed by atoms with Crippen LogP contribution in [-0.4, -0.2) is 21.6 Å². The summed E-state index contributed by atoms with van der Waals surface area (Å²) in [6.07, 6.45) is 2.66. The van der Waals surface area contributed by atoms with Gasteiger partial charge in [0.05, 0.1) is 16.6 Å². The molecule has 6 nitrogen and oxygen atoms in total. The molecule has 3 aromatic rings. The maximum atomic E-state index is 12.2. The third-order valence-electron chi connectivity index (χ3n) is 4.96. The van der Waals surface area contributed by atoms with Gasteiger partial charge in [-0.2, -0.15) is 5.10 Å². The van der Waals surface area contributed by atoms with Crippen LogP contribution in [0.25, 0.3) is 11.1 Å². The Bertz CT molecular complexity index is 1060. The molecule has 0 radical (unpaired) electrons. The van der Waals surface area contributed by atoms with E-state index in [1.165, 1.54) is 0 Å². The quantitative estimate of drug-likeness (QED) is 0.650. The zero-order chi connectivity index (χ0) is 20.4. The van der Waals surface area contributed by atoms with E-state index in [4.69, 9.17) is 16.3 Å². The van der Waals surface area contributed by atoms with Gasteiger partial charge in [-0.15, -0.1) is 0 Å². The summed E-state index contributed by atoms with van der Waals surface area (Å²) in [5.41, 5.74) is 3.36. The van der Waals surface area contributed by atoms with Gasteiger partial charge in [-0.25, -0.2) is 0 Å². The molecule has 0 unspecified atom stereocenters. The van der Waals surface area contributed by atoms with Gasteiger partial charge in [0.25, 0.3) is 0 Å². The van der Waals surface area contributed by atoms with Crippen molar-refractivity contribution in [2.75, 3.05) is 0 Å². The van der Waals surface area contributed by atoms with Crippen molar-refractivity contribution in [2.45, 2.75) is 25.4 Å². The number of aryl methyl sites for hydroxylation is 1. The van der Waals surface area contributed by atoms with Crippen LogP contribution < -0.4 is 10.1 Å². The van der Waals surface area contributed by atoms with Gasteiger partial charge < -0.3 is 4.74 Å². The van der Waals surface area contributed by atoms with Crippen LogP contribution in [0, 0.1) is 0 Å². The molecule has 4 rings (SSSR count). The van der Waals surface area contributed by atoms with Crippen molar-refractivity contribution >= 4 is 23.4 Å². The maximum Gasteiger partial charge on any atom is 0.234 e. The number of benzene rings is 2. The highest BCUT2D eigenvalue weighted by Crippen LogP contribution is 2.37. The average molecular weight is 410 g/mol. The number of nitrogens with one attached hydrogen (secondary N) is 1. The Morgan fingerprint density at radius 2 is 1.97 bits per heavy atom. The Labute approximate surface area is 173 Å². The van der Waals surface area contributed by atoms with E-state index in [9.17, 15) is 9.59 Å². The van der Waals surface area contributed by atoms with Crippen LogP contribution in [0.3, 0.4) is 0 Å². The van der Waals surface area contributed by atoms with Crippen LogP contribution >= 0.6 is 11.6 Å². The molecule has 1 fully saturated rings. The second kappa shape index (κ2) is 8.09. The Hall–Kier alpha value is -3.12. The second-order valence-corrected chi connectivity index (χ2v) is 7.38. The number of piperidine rings is 1. The number of ether oxygens (including phenoxy) is 1. The van der Waals surface area contributed by atoms with Gasteiger partial charge in [-0.3, -0.25) is 19.6 Å². The summed E-state index contributed by atoms with van der Waals surface area (Å²) in [7, 11) is 1.87. The number of nitrogens with zero attached hydrogens (tertiary/aromatic N) is 2. The van der Waals surface area contributed by atoms with Crippen molar-refractivity contribution in [3.63, 3.8) is 0 Å². The van der Waals surface area contributed by atoms with E-state index in [-0.39, 0.29) is 11.8 Å². The lowest BCUT2D eigenvalue weighted by Gasteiger charge is -2.23. The van der Waals surface area contributed by atoms with Crippen molar-refractivity contribution in [1.82, 2.24) is 15.1 Å². The topological polar surface area (TPSA) is 73.2 Å². The standard InChI is InChI=1S/C22H20ClN3O3/c1-26-12-11-15(25-26)13-29-16-7-5-14(6-8-16)17-3-2-4-18(21(17)23)19-9-10-20(27)24-22(19)28/h2-8,11-12,19H,9-10,13H2,1H3,(H,24,27,28)/t19-/m1/s1. The van der Waals surface area contributed by atoms with E-state index >= 15 is 0 Å². The van der Waals surface area contributed by atoms with E-state index in [1.54, 1.807) is 4.68 Å². The van der Waals surface area contributed by atoms with E-state index in [1.807, 2.05) is 61.8 Å². The summed E-state index contributed by atoms with van der Waals surface area (Å²) in [5, 5.41) is 7.21. The van der Waals surface area contributed by atoms with Crippen molar-refractivity contribution in [2.24, 2.45) is 7.05 Å². The summed E-state index contributed by atoms with van der Waals surface area (Å²) in [4.78, 5) is 23.6. The first-order valence-corrected chi connectivity index (χ1v) is 9.73. The summed E-state index contributed by atoms with van der Waals surface area (Å²) in [6, 6.07) is 15.2. The molecule has 148 valence electrons. The summed E-state index contributed by atoms with van der Waals surface area (Å²) < 4.78 is 7.51. The Kier molecular flexibility index (Phi) is 5.36. The third-order valence-corrected chi connectivity index (χ3v) is 5.39. The molecule has 2 amide bonds. The number of rotatable bonds is 5. The molecule has 0 saturated carbocycles. The monoisotopic (exact) mass is 409 g/mol. The molecule has 0 bridgehead atoms. The second-order valence-electron chi connectivity index (χ2n) is 7.01. The lowest BCUT2D eigenvalue weighted by atomic mass is 9.88. The summed E-state index contributed by atoms with van der Waals surface area (Å²) >= 11 is 6.65. The highest BCUT2D eigenvalue weighted by molar-refractivity contribution is 6.34. The molecule has 1 aromatic heterocycles. The van der Waals surface area contributed by atoms with Crippen molar-refractivity contribution in [1.29, 1.82) is 0 Å². The largest absolute Gasteiger partial charge is 0.487 e. The molecule has 1 aliphatic rings. The van der Waals surface area contributed by atoms with Gasteiger partial charge in [-0.1, -0.05) is 41.9 Å². The lowest BCUT2D eigenvalue weighted by molar-refractivity contribution is -0.134. The fourth-order valence-corrected chi connectivity index (χ4v) is 3.83. The van der Waals surface area contributed by atoms with Crippen LogP contribution in [0.4, 0.5) is 0 Å². The Balaban J connectivity index is 1.52. The molecule has 1 saturated heterocycles. The minimum Gasteiger partial charge on any atom is -0.487 e. The molecule has 2 heterocycles. The number of aromatic nitrogens is 2. The van der Waals surface area contributed by atoms with E-state index in [0.29, 0.717) is 24.5 Å². The predicted octanol–water partition coefficient (Wildman–Crippen LogP) is 3.84. The zero-order valence-electron chi connectivity index (χ0n) is 15.9. The van der Waals surface area contributed by atoms with E-state index < -0.39 is 5.92 Å². The first kappa shape index (κ1) is 19.2. The summed E-state index contributed by atoms with van der Waals surface area (Å²) in [5.74, 6) is -0.212. The molecule has 2 aromatic carbocycles. The van der Waals surface area contributed by atoms with Crippen LogP contribution in [0.2, 0.25) is 5.02 Å². The van der Waals surface area contributed by atoms with Crippen LogP contribution in [0.15, 0.2) is 54.7 Å². The number of carbonyl (C=O) groups is 2. The SMILES string of the molecule is Cn1ccc(COc2ccc(-c3cccc([C@H]4CCC(=O)NC4=O)c3Cl)cc2)n1. The third kappa shape index (κ3) is 4.17. The normalized spacial score (nSPS) is 16.6. The molecule has 0 spiro atoms. The lowest BCUT2D eigenvalue weighted by Crippen LogP contribution is -2.39. The van der Waals surface area contributed by atoms with Gasteiger partial charge in [-0.05, 0) is 35.7 Å². The fraction of sp³-hybridized carbons (Fsp3) is 0.227. The predicted molar refractivity (Wildman–Crippen MR) is 110 cm³/mol. The molecule has 0 aliphatic carbocycles. The zero-order valence-corrected chi connectivity index (χ0v) is 16.6. The number of carbonyl (C=O) groups excluding carboxylic acids is 2. The fourth-order valence-electron chi connectivity index (χ4n) is 3.46. The van der Waals surface area contributed by atoms with Crippen molar-refractivity contribution in [3.8, 4) is 16.9 Å². The molecule has 1 aliphatic heterocycles. The Morgan fingerprint density at radius 3 is 2.66 bits per heavy atom. The highest BCUT2D eigenvalue weighted by Gasteiger charge is 2.30.